The normalized spacial score (nSPS) is 12.7. The molecule has 0 aliphatic carbocycles. The lowest BCUT2D eigenvalue weighted by Gasteiger charge is -2.31. The van der Waals surface area contributed by atoms with Gasteiger partial charge in [-0.3, -0.25) is 14.5 Å². The molecule has 206 valence electrons. The number of carbonyl (C=O) groups excluding carboxylic acids is 2. The maximum Gasteiger partial charge on any atom is 0.251 e. The van der Waals surface area contributed by atoms with Crippen molar-refractivity contribution in [2.45, 2.75) is 37.1 Å². The highest BCUT2D eigenvalue weighted by Gasteiger charge is 2.33. The Labute approximate surface area is 235 Å². The summed E-state index contributed by atoms with van der Waals surface area (Å²) in [5.41, 5.74) is 3.51. The zero-order valence-corrected chi connectivity index (χ0v) is 24.8. The monoisotopic (exact) mass is 585 g/mol. The van der Waals surface area contributed by atoms with Crippen LogP contribution in [0.2, 0.25) is 24.7 Å². The zero-order valence-electron chi connectivity index (χ0n) is 22.2. The second kappa shape index (κ2) is 12.6. The summed E-state index contributed by atoms with van der Waals surface area (Å²) in [7, 11) is -4.25. The van der Waals surface area contributed by atoms with Crippen LogP contribution in [-0.4, -0.2) is 35.4 Å². The Morgan fingerprint density at radius 2 is 1.69 bits per heavy atom. The molecule has 0 unspecified atom stereocenters. The highest BCUT2D eigenvalue weighted by Crippen LogP contribution is 2.34. The summed E-state index contributed by atoms with van der Waals surface area (Å²) in [5, 5.41) is 8.44. The number of anilines is 1. The molecule has 0 aliphatic rings. The summed E-state index contributed by atoms with van der Waals surface area (Å²) < 4.78 is 29.0. The lowest BCUT2D eigenvalue weighted by atomic mass is 10.0. The number of rotatable bonds is 10. The molecule has 0 fully saturated rings. The van der Waals surface area contributed by atoms with E-state index < -0.39 is 36.0 Å². The number of halogens is 1. The molecule has 3 N–H and O–H groups in total. The molecule has 0 heterocycles. The van der Waals surface area contributed by atoms with E-state index in [1.165, 1.54) is 42.4 Å². The van der Waals surface area contributed by atoms with Crippen molar-refractivity contribution >= 4 is 47.2 Å². The van der Waals surface area contributed by atoms with E-state index in [1.54, 1.807) is 18.2 Å². The first-order valence-corrected chi connectivity index (χ1v) is 17.6. The van der Waals surface area contributed by atoms with Gasteiger partial charge >= 0.3 is 0 Å². The number of methoxy groups -OCH3 is 1. The molecule has 3 rings (SSSR count). The number of carbonyl (C=O) groups is 2. The smallest absolute Gasteiger partial charge is 0.251 e. The van der Waals surface area contributed by atoms with E-state index in [-0.39, 0.29) is 16.5 Å². The maximum absolute atomic E-state index is 13.8. The van der Waals surface area contributed by atoms with E-state index in [2.05, 4.69) is 25.0 Å². The maximum atomic E-state index is 13.8. The molecule has 0 saturated heterocycles. The zero-order chi connectivity index (χ0) is 28.8. The summed E-state index contributed by atoms with van der Waals surface area (Å²) in [5.74, 6) is -0.494. The van der Waals surface area contributed by atoms with Crippen molar-refractivity contribution in [3.63, 3.8) is 0 Å². The van der Waals surface area contributed by atoms with Gasteiger partial charge in [-0.15, -0.1) is 0 Å². The Hall–Kier alpha value is -3.44. The van der Waals surface area contributed by atoms with Crippen molar-refractivity contribution in [2.75, 3.05) is 12.0 Å². The summed E-state index contributed by atoms with van der Waals surface area (Å²) in [4.78, 5) is 28.8. The van der Waals surface area contributed by atoms with Gasteiger partial charge in [-0.1, -0.05) is 79.4 Å². The fourth-order valence-corrected chi connectivity index (χ4v) is 5.16. The minimum atomic E-state index is -3.96. The molecular formula is C28H32ClN3O5SSi. The van der Waals surface area contributed by atoms with Gasteiger partial charge in [0.05, 0.1) is 25.1 Å². The summed E-state index contributed by atoms with van der Waals surface area (Å²) in [6.07, 6.45) is 1.47. The fourth-order valence-electron chi connectivity index (χ4n) is 3.75. The van der Waals surface area contributed by atoms with Crippen molar-refractivity contribution < 1.29 is 22.7 Å². The third-order valence-electron chi connectivity index (χ3n) is 5.72. The Kier molecular flexibility index (Phi) is 9.73. The molecule has 1 atom stereocenters. The molecule has 39 heavy (non-hydrogen) atoms. The van der Waals surface area contributed by atoms with Crippen LogP contribution in [0.15, 0.2) is 89.5 Å². The first-order valence-electron chi connectivity index (χ1n) is 12.1. The number of nitrogens with two attached hydrogens (primary N) is 1. The number of benzene rings is 3. The molecule has 3 aromatic carbocycles. The van der Waals surface area contributed by atoms with E-state index in [4.69, 9.17) is 21.5 Å². The Morgan fingerprint density at radius 1 is 1.05 bits per heavy atom. The van der Waals surface area contributed by atoms with Crippen LogP contribution in [0.3, 0.4) is 0 Å². The molecule has 0 aromatic heterocycles. The molecule has 8 nitrogen and oxygen atoms in total. The molecule has 2 amide bonds. The number of hydrogen-bond donors (Lipinski definition) is 2. The Bertz CT molecular complexity index is 1460. The highest BCUT2D eigenvalue weighted by atomic mass is 35.5. The van der Waals surface area contributed by atoms with E-state index in [0.29, 0.717) is 17.0 Å². The molecule has 0 saturated carbocycles. The lowest BCUT2D eigenvalue weighted by Crippen LogP contribution is -2.43. The Morgan fingerprint density at radius 3 is 2.23 bits per heavy atom. The number of nitrogens with zero attached hydrogens (tertiary/aromatic N) is 1. The predicted molar refractivity (Wildman–Crippen MR) is 157 cm³/mol. The van der Waals surface area contributed by atoms with Crippen molar-refractivity contribution in [1.29, 1.82) is 0 Å². The number of nitrogens with one attached hydrogen (secondary N) is 1. The number of hydrogen-bond acceptors (Lipinski definition) is 5. The molecule has 3 aromatic rings. The van der Waals surface area contributed by atoms with Crippen LogP contribution in [0.5, 0.6) is 5.75 Å². The number of ether oxygens (including phenoxy) is 1. The summed E-state index contributed by atoms with van der Waals surface area (Å²) in [6.45, 7) is 6.48. The number of sulfonamides is 1. The van der Waals surface area contributed by atoms with Crippen LogP contribution in [0, 0.1) is 0 Å². The molecule has 11 heteroatoms. The van der Waals surface area contributed by atoms with Gasteiger partial charge in [-0.05, 0) is 47.5 Å². The first kappa shape index (κ1) is 30.1. The van der Waals surface area contributed by atoms with Crippen LogP contribution in [-0.2, 0) is 26.2 Å². The minimum absolute atomic E-state index is 0.112. The van der Waals surface area contributed by atoms with E-state index in [0.717, 1.165) is 5.56 Å². The second-order valence-electron chi connectivity index (χ2n) is 9.95. The highest BCUT2D eigenvalue weighted by molar-refractivity contribution is 7.89. The topological polar surface area (TPSA) is 119 Å². The van der Waals surface area contributed by atoms with Gasteiger partial charge in [0, 0.05) is 12.2 Å². The molecule has 0 spiro atoms. The lowest BCUT2D eigenvalue weighted by molar-refractivity contribution is -0.125. The third kappa shape index (κ3) is 8.27. The van der Waals surface area contributed by atoms with Crippen LogP contribution in [0.25, 0.3) is 0 Å². The van der Waals surface area contributed by atoms with Crippen LogP contribution < -0.4 is 20.1 Å². The molecule has 0 aliphatic heterocycles. The van der Waals surface area contributed by atoms with Crippen molar-refractivity contribution in [3.8, 4) is 5.75 Å². The van der Waals surface area contributed by atoms with Gasteiger partial charge in [0.15, 0.2) is 0 Å². The Balaban J connectivity index is 2.15. The number of amides is 2. The van der Waals surface area contributed by atoms with E-state index >= 15 is 0 Å². The fraction of sp³-hybridized carbons (Fsp3) is 0.214. The average Bonchev–Trinajstić information content (AvgIpc) is 2.88. The van der Waals surface area contributed by atoms with Gasteiger partial charge in [-0.2, -0.15) is 0 Å². The molecular weight excluding hydrogens is 554 g/mol. The average molecular weight is 586 g/mol. The van der Waals surface area contributed by atoms with Gasteiger partial charge in [0.2, 0.25) is 15.9 Å². The van der Waals surface area contributed by atoms with Gasteiger partial charge in [0.25, 0.3) is 5.91 Å². The molecule has 0 radical (unpaired) electrons. The minimum Gasteiger partial charge on any atom is -0.495 e. The van der Waals surface area contributed by atoms with Crippen LogP contribution in [0.1, 0.15) is 17.2 Å². The summed E-state index contributed by atoms with van der Waals surface area (Å²) >= 11 is 6.42. The van der Waals surface area contributed by atoms with Crippen molar-refractivity contribution in [1.82, 2.24) is 5.32 Å². The van der Waals surface area contributed by atoms with Gasteiger partial charge in [0.1, 0.15) is 11.8 Å². The van der Waals surface area contributed by atoms with Crippen molar-refractivity contribution in [3.05, 3.63) is 101 Å². The van der Waals surface area contributed by atoms with E-state index in [9.17, 15) is 18.0 Å². The SMILES string of the molecule is COc1ccc(N(C(=O)/C=C\[Si](C)(C)C)[C@H](C(=O)NCc2ccccc2)c2ccc(S(N)(=O)=O)cc2)cc1Cl. The van der Waals surface area contributed by atoms with Crippen LogP contribution >= 0.6 is 11.6 Å². The second-order valence-corrected chi connectivity index (χ2v) is 17.0. The third-order valence-corrected chi connectivity index (χ3v) is 8.11. The first-order chi connectivity index (χ1) is 18.3. The predicted octanol–water partition coefficient (Wildman–Crippen LogP) is 4.82. The van der Waals surface area contributed by atoms with Crippen molar-refractivity contribution in [2.24, 2.45) is 5.14 Å². The number of primary sulfonamides is 1. The van der Waals surface area contributed by atoms with Gasteiger partial charge < -0.3 is 10.1 Å². The van der Waals surface area contributed by atoms with E-state index in [1.807, 2.05) is 36.0 Å². The standard InChI is InChI=1S/C28H32ClN3O5SSi/c1-37-25-15-12-22(18-24(25)29)32(26(33)16-17-39(2,3)4)27(21-10-13-23(14-11-21)38(30,35)36)28(34)31-19-20-8-6-5-7-9-20/h5-18,27H,19H2,1-4H3,(H,31,34)(H2,30,35,36)/b17-16-/t27-/m0/s1. The molecule has 0 bridgehead atoms. The largest absolute Gasteiger partial charge is 0.495 e. The van der Waals surface area contributed by atoms with Gasteiger partial charge in [-0.25, -0.2) is 13.6 Å². The quantitative estimate of drug-likeness (QED) is 0.261. The summed E-state index contributed by atoms with van der Waals surface area (Å²) in [6, 6.07) is 18.6. The van der Waals surface area contributed by atoms with Crippen LogP contribution in [0.4, 0.5) is 5.69 Å².